The number of ether oxygens (including phenoxy) is 1. The Morgan fingerprint density at radius 2 is 1.96 bits per heavy atom. The number of nitrogens with one attached hydrogen (secondary N) is 1. The number of hydrazone groups is 1. The van der Waals surface area contributed by atoms with Gasteiger partial charge >= 0.3 is 0 Å². The van der Waals surface area contributed by atoms with Gasteiger partial charge in [-0.05, 0) is 46.0 Å². The molecule has 0 atom stereocenters. The molecule has 7 nitrogen and oxygen atoms in total. The molecule has 0 bridgehead atoms. The summed E-state index contributed by atoms with van der Waals surface area (Å²) in [6.07, 6.45) is 0. The van der Waals surface area contributed by atoms with E-state index in [4.69, 9.17) is 4.74 Å². The number of hydrogen-bond donors (Lipinski definition) is 1. The summed E-state index contributed by atoms with van der Waals surface area (Å²) in [7, 11) is 0. The average Bonchev–Trinajstić information content (AvgIpc) is 2.64. The first-order valence-electron chi connectivity index (χ1n) is 8.58. The highest BCUT2D eigenvalue weighted by Gasteiger charge is 2.15. The van der Waals surface area contributed by atoms with E-state index < -0.39 is 10.8 Å². The zero-order valence-corrected chi connectivity index (χ0v) is 17.7. The molecule has 0 unspecified atom stereocenters. The van der Waals surface area contributed by atoms with Crippen molar-refractivity contribution in [3.05, 3.63) is 68.2 Å². The number of nitro groups is 1. The third-order valence-electron chi connectivity index (χ3n) is 3.98. The minimum Gasteiger partial charge on any atom is -0.483 e. The van der Waals surface area contributed by atoms with Crippen molar-refractivity contribution < 1.29 is 14.5 Å². The summed E-state index contributed by atoms with van der Waals surface area (Å²) in [6.45, 7) is 7.79. The fourth-order valence-corrected chi connectivity index (χ4v) is 2.81. The van der Waals surface area contributed by atoms with Crippen molar-refractivity contribution in [3.8, 4) is 5.75 Å². The Balaban J connectivity index is 1.96. The lowest BCUT2D eigenvalue weighted by Gasteiger charge is -2.20. The van der Waals surface area contributed by atoms with Gasteiger partial charge in [0, 0.05) is 17.7 Å². The number of nitrogens with zero attached hydrogens (tertiary/aromatic N) is 2. The van der Waals surface area contributed by atoms with Crippen LogP contribution in [0.25, 0.3) is 0 Å². The smallest absolute Gasteiger partial charge is 0.277 e. The SMILES string of the molecule is C/C(=N/NC(=O)COc1ccc(C(C)(C)C)cc1Br)c1cccc([N+](=O)[O-])c1. The summed E-state index contributed by atoms with van der Waals surface area (Å²) in [5, 5.41) is 14.8. The van der Waals surface area contributed by atoms with Crippen LogP contribution in [0.4, 0.5) is 5.69 Å². The molecule has 1 amide bonds. The second kappa shape index (κ2) is 8.97. The lowest BCUT2D eigenvalue weighted by Crippen LogP contribution is -2.25. The van der Waals surface area contributed by atoms with Crippen molar-refractivity contribution in [3.63, 3.8) is 0 Å². The highest BCUT2D eigenvalue weighted by Crippen LogP contribution is 2.31. The minimum absolute atomic E-state index is 0.0111. The van der Waals surface area contributed by atoms with Gasteiger partial charge in [0.1, 0.15) is 5.75 Å². The fraction of sp³-hybridized carbons (Fsp3) is 0.300. The highest BCUT2D eigenvalue weighted by molar-refractivity contribution is 9.10. The Bertz CT molecular complexity index is 920. The Morgan fingerprint density at radius 3 is 2.57 bits per heavy atom. The third-order valence-corrected chi connectivity index (χ3v) is 4.60. The number of non-ortho nitro benzene ring substituents is 1. The molecule has 0 aliphatic rings. The third kappa shape index (κ3) is 5.88. The average molecular weight is 448 g/mol. The van der Waals surface area contributed by atoms with Crippen LogP contribution in [-0.4, -0.2) is 23.1 Å². The summed E-state index contributed by atoms with van der Waals surface area (Å²) in [4.78, 5) is 22.4. The molecule has 8 heteroatoms. The molecule has 2 aromatic carbocycles. The van der Waals surface area contributed by atoms with E-state index in [2.05, 4.69) is 47.2 Å². The predicted molar refractivity (Wildman–Crippen MR) is 112 cm³/mol. The predicted octanol–water partition coefficient (Wildman–Crippen LogP) is 4.57. The van der Waals surface area contributed by atoms with Gasteiger partial charge < -0.3 is 4.74 Å². The van der Waals surface area contributed by atoms with Crippen molar-refractivity contribution >= 4 is 33.2 Å². The van der Waals surface area contributed by atoms with Gasteiger partial charge in [-0.1, -0.05) is 39.0 Å². The topological polar surface area (TPSA) is 93.8 Å². The first-order chi connectivity index (χ1) is 13.1. The standard InChI is InChI=1S/C20H22BrN3O4/c1-13(14-6-5-7-16(10-14)24(26)27)22-23-19(25)12-28-18-9-8-15(11-17(18)21)20(2,3)4/h5-11H,12H2,1-4H3,(H,23,25)/b22-13-. The van der Waals surface area contributed by atoms with Crippen LogP contribution in [0.15, 0.2) is 52.0 Å². The molecule has 0 heterocycles. The quantitative estimate of drug-likeness (QED) is 0.398. The van der Waals surface area contributed by atoms with Gasteiger partial charge in [0.25, 0.3) is 11.6 Å². The van der Waals surface area contributed by atoms with Crippen molar-refractivity contribution in [2.75, 3.05) is 6.61 Å². The molecule has 1 N–H and O–H groups in total. The molecule has 0 saturated heterocycles. The molecule has 0 aliphatic heterocycles. The number of carbonyl (C=O) groups is 1. The Hall–Kier alpha value is -2.74. The molecule has 2 rings (SSSR count). The summed E-state index contributed by atoms with van der Waals surface area (Å²) in [5.74, 6) is 0.124. The summed E-state index contributed by atoms with van der Waals surface area (Å²) < 4.78 is 6.30. The van der Waals surface area contributed by atoms with Crippen molar-refractivity contribution in [2.45, 2.75) is 33.1 Å². The zero-order chi connectivity index (χ0) is 20.9. The summed E-state index contributed by atoms with van der Waals surface area (Å²) >= 11 is 3.46. The summed E-state index contributed by atoms with van der Waals surface area (Å²) in [6, 6.07) is 11.8. The van der Waals surface area contributed by atoms with Crippen molar-refractivity contribution in [1.29, 1.82) is 0 Å². The summed E-state index contributed by atoms with van der Waals surface area (Å²) in [5.41, 5.74) is 4.52. The number of halogens is 1. The van der Waals surface area contributed by atoms with E-state index in [0.29, 0.717) is 17.0 Å². The second-order valence-corrected chi connectivity index (χ2v) is 8.08. The van der Waals surface area contributed by atoms with Gasteiger partial charge in [-0.3, -0.25) is 14.9 Å². The molecule has 0 aromatic heterocycles. The molecule has 28 heavy (non-hydrogen) atoms. The van der Waals surface area contributed by atoms with Crippen LogP contribution in [0.5, 0.6) is 5.75 Å². The van der Waals surface area contributed by atoms with Gasteiger partial charge in [0.2, 0.25) is 0 Å². The van der Waals surface area contributed by atoms with E-state index in [1.165, 1.54) is 12.1 Å². The number of hydrogen-bond acceptors (Lipinski definition) is 5. The molecular formula is C20H22BrN3O4. The van der Waals surface area contributed by atoms with Gasteiger partial charge in [-0.2, -0.15) is 5.10 Å². The molecule has 0 radical (unpaired) electrons. The van der Waals surface area contributed by atoms with Crippen LogP contribution >= 0.6 is 15.9 Å². The molecule has 0 aliphatic carbocycles. The van der Waals surface area contributed by atoms with Crippen LogP contribution in [0, 0.1) is 10.1 Å². The first-order valence-corrected chi connectivity index (χ1v) is 9.38. The van der Waals surface area contributed by atoms with E-state index in [-0.39, 0.29) is 17.7 Å². The molecule has 0 fully saturated rings. The number of benzene rings is 2. The Labute approximate surface area is 172 Å². The highest BCUT2D eigenvalue weighted by atomic mass is 79.9. The Morgan fingerprint density at radius 1 is 1.25 bits per heavy atom. The number of nitro benzene ring substituents is 1. The molecule has 148 valence electrons. The largest absolute Gasteiger partial charge is 0.483 e. The van der Waals surface area contributed by atoms with Gasteiger partial charge in [0.05, 0.1) is 15.1 Å². The second-order valence-electron chi connectivity index (χ2n) is 7.22. The van der Waals surface area contributed by atoms with Gasteiger partial charge in [-0.15, -0.1) is 0 Å². The maximum atomic E-state index is 12.0. The van der Waals surface area contributed by atoms with E-state index >= 15 is 0 Å². The molecule has 0 spiro atoms. The van der Waals surface area contributed by atoms with Crippen molar-refractivity contribution in [2.24, 2.45) is 5.10 Å². The zero-order valence-electron chi connectivity index (χ0n) is 16.2. The number of carbonyl (C=O) groups excluding carboxylic acids is 1. The lowest BCUT2D eigenvalue weighted by molar-refractivity contribution is -0.384. The fourth-order valence-electron chi connectivity index (χ4n) is 2.32. The maximum absolute atomic E-state index is 12.0. The van der Waals surface area contributed by atoms with E-state index in [1.807, 2.05) is 18.2 Å². The Kier molecular flexibility index (Phi) is 6.90. The van der Waals surface area contributed by atoms with Gasteiger partial charge in [-0.25, -0.2) is 5.43 Å². The van der Waals surface area contributed by atoms with Crippen LogP contribution in [-0.2, 0) is 10.2 Å². The molecule has 2 aromatic rings. The monoisotopic (exact) mass is 447 g/mol. The molecular weight excluding hydrogens is 426 g/mol. The van der Waals surface area contributed by atoms with Crippen LogP contribution in [0.1, 0.15) is 38.8 Å². The van der Waals surface area contributed by atoms with Gasteiger partial charge in [0.15, 0.2) is 6.61 Å². The molecule has 0 saturated carbocycles. The van der Waals surface area contributed by atoms with Crippen LogP contribution in [0.3, 0.4) is 0 Å². The maximum Gasteiger partial charge on any atom is 0.277 e. The minimum atomic E-state index is -0.480. The van der Waals surface area contributed by atoms with Crippen molar-refractivity contribution in [1.82, 2.24) is 5.43 Å². The lowest BCUT2D eigenvalue weighted by atomic mass is 9.87. The van der Waals surface area contributed by atoms with Crippen LogP contribution in [0.2, 0.25) is 0 Å². The van der Waals surface area contributed by atoms with E-state index in [1.54, 1.807) is 19.1 Å². The van der Waals surface area contributed by atoms with E-state index in [0.717, 1.165) is 10.0 Å². The first kappa shape index (κ1) is 21.6. The number of amides is 1. The normalized spacial score (nSPS) is 11.8. The number of rotatable bonds is 6. The van der Waals surface area contributed by atoms with E-state index in [9.17, 15) is 14.9 Å². The van der Waals surface area contributed by atoms with Crippen LogP contribution < -0.4 is 10.2 Å².